The number of amides is 3. The van der Waals surface area contributed by atoms with Crippen molar-refractivity contribution < 1.29 is 28.2 Å². The van der Waals surface area contributed by atoms with Gasteiger partial charge in [-0.1, -0.05) is 12.1 Å². The summed E-state index contributed by atoms with van der Waals surface area (Å²) >= 11 is 0. The molecule has 8 nitrogen and oxygen atoms in total. The van der Waals surface area contributed by atoms with Crippen LogP contribution in [0.1, 0.15) is 49.4 Å². The Morgan fingerprint density at radius 3 is 2.58 bits per heavy atom. The van der Waals surface area contributed by atoms with Crippen LogP contribution in [0.5, 0.6) is 0 Å². The van der Waals surface area contributed by atoms with Gasteiger partial charge in [0.05, 0.1) is 11.2 Å². The summed E-state index contributed by atoms with van der Waals surface area (Å²) in [5.41, 5.74) is -0.688. The molecule has 2 aromatic rings. The number of carbonyl (C=O) groups excluding carboxylic acids is 2. The van der Waals surface area contributed by atoms with Gasteiger partial charge in [-0.2, -0.15) is 0 Å². The third-order valence-corrected chi connectivity index (χ3v) is 7.70. The van der Waals surface area contributed by atoms with Gasteiger partial charge < -0.3 is 20.5 Å². The van der Waals surface area contributed by atoms with Gasteiger partial charge in [0.25, 0.3) is 0 Å². The molecule has 3 amide bonds. The predicted octanol–water partition coefficient (Wildman–Crippen LogP) is 3.79. The number of benzene rings is 1. The number of aromatic nitrogens is 1. The van der Waals surface area contributed by atoms with Gasteiger partial charge in [0.1, 0.15) is 18.2 Å². The van der Waals surface area contributed by atoms with Gasteiger partial charge in [-0.05, 0) is 74.4 Å². The van der Waals surface area contributed by atoms with E-state index in [9.17, 15) is 23.5 Å². The number of nitrogens with one attached hydrogen (secondary N) is 2. The Bertz CT molecular complexity index is 1110. The van der Waals surface area contributed by atoms with Crippen LogP contribution in [0.25, 0.3) is 0 Å². The maximum absolute atomic E-state index is 13.8. The Balaban J connectivity index is 0.00000304. The van der Waals surface area contributed by atoms with Gasteiger partial charge in [0.15, 0.2) is 11.6 Å². The fourth-order valence-corrected chi connectivity index (χ4v) is 5.69. The van der Waals surface area contributed by atoms with E-state index in [1.807, 2.05) is 18.2 Å². The van der Waals surface area contributed by atoms with E-state index in [1.165, 1.54) is 6.07 Å². The third-order valence-electron chi connectivity index (χ3n) is 7.70. The maximum atomic E-state index is 13.8. The minimum Gasteiger partial charge on any atom is -0.446 e. The highest BCUT2D eigenvalue weighted by Crippen LogP contribution is 2.44. The Hall–Kier alpha value is -2.82. The van der Waals surface area contributed by atoms with Gasteiger partial charge in [-0.25, -0.2) is 23.3 Å². The maximum Gasteiger partial charge on any atom is 0.418 e. The molecule has 2 aliphatic heterocycles. The molecule has 3 fully saturated rings. The van der Waals surface area contributed by atoms with E-state index in [-0.39, 0.29) is 30.5 Å². The van der Waals surface area contributed by atoms with E-state index in [0.717, 1.165) is 17.0 Å². The second-order valence-electron chi connectivity index (χ2n) is 9.67. The van der Waals surface area contributed by atoms with E-state index in [4.69, 9.17) is 4.74 Å². The number of rotatable bonds is 4. The molecule has 1 aromatic carbocycles. The first-order valence-corrected chi connectivity index (χ1v) is 11.9. The van der Waals surface area contributed by atoms with Crippen molar-refractivity contribution in [3.05, 3.63) is 65.5 Å². The molecule has 2 atom stereocenters. The summed E-state index contributed by atoms with van der Waals surface area (Å²) in [4.78, 5) is 31.1. The first kappa shape index (κ1) is 26.2. The summed E-state index contributed by atoms with van der Waals surface area (Å²) in [5, 5.41) is 17.6. The van der Waals surface area contributed by atoms with Crippen molar-refractivity contribution in [2.24, 2.45) is 5.92 Å². The van der Waals surface area contributed by atoms with Crippen LogP contribution in [-0.2, 0) is 10.3 Å². The molecular formula is C25H29ClF2N4O4. The number of cyclic esters (lactones) is 1. The quantitative estimate of drug-likeness (QED) is 0.564. The van der Waals surface area contributed by atoms with Crippen LogP contribution in [0.2, 0.25) is 0 Å². The molecule has 2 saturated heterocycles. The highest BCUT2D eigenvalue weighted by Gasteiger charge is 2.49. The van der Waals surface area contributed by atoms with E-state index in [0.29, 0.717) is 50.9 Å². The lowest BCUT2D eigenvalue weighted by atomic mass is 9.68. The summed E-state index contributed by atoms with van der Waals surface area (Å²) in [5.74, 6) is -1.99. The molecule has 3 aliphatic rings. The molecule has 3 heterocycles. The predicted molar refractivity (Wildman–Crippen MR) is 128 cm³/mol. The van der Waals surface area contributed by atoms with Gasteiger partial charge in [-0.15, -0.1) is 12.4 Å². The Kier molecular flexibility index (Phi) is 7.49. The molecular weight excluding hydrogens is 494 g/mol. The summed E-state index contributed by atoms with van der Waals surface area (Å²) < 4.78 is 32.3. The minimum absolute atomic E-state index is 0. The lowest BCUT2D eigenvalue weighted by Crippen LogP contribution is -2.60. The number of imide groups is 1. The van der Waals surface area contributed by atoms with Crippen molar-refractivity contribution in [2.45, 2.75) is 49.3 Å². The highest BCUT2D eigenvalue weighted by atomic mass is 35.5. The van der Waals surface area contributed by atoms with Crippen LogP contribution < -0.4 is 10.6 Å². The topological polar surface area (TPSA) is 104 Å². The number of hydrogen-bond acceptors (Lipinski definition) is 6. The van der Waals surface area contributed by atoms with Gasteiger partial charge >= 0.3 is 12.1 Å². The molecule has 0 bridgehead atoms. The third kappa shape index (κ3) is 4.77. The average Bonchev–Trinajstić information content (AvgIpc) is 3.49. The second kappa shape index (κ2) is 10.3. The Morgan fingerprint density at radius 1 is 1.17 bits per heavy atom. The Labute approximate surface area is 213 Å². The fraction of sp³-hybridized carbons (Fsp3) is 0.480. The van der Waals surface area contributed by atoms with Crippen molar-refractivity contribution >= 4 is 24.5 Å². The molecule has 11 heteroatoms. The van der Waals surface area contributed by atoms with Gasteiger partial charge in [-0.3, -0.25) is 4.98 Å². The molecule has 3 N–H and O–H groups in total. The summed E-state index contributed by atoms with van der Waals surface area (Å²) in [7, 11) is 0. The molecule has 1 aromatic heterocycles. The lowest BCUT2D eigenvalue weighted by Gasteiger charge is -2.44. The zero-order chi connectivity index (χ0) is 24.6. The number of pyridine rings is 1. The van der Waals surface area contributed by atoms with Crippen molar-refractivity contribution in [1.82, 2.24) is 20.5 Å². The van der Waals surface area contributed by atoms with Crippen LogP contribution >= 0.6 is 12.4 Å². The highest BCUT2D eigenvalue weighted by molar-refractivity contribution is 5.93. The molecule has 1 saturated carbocycles. The van der Waals surface area contributed by atoms with Crippen LogP contribution in [0.15, 0.2) is 42.6 Å². The van der Waals surface area contributed by atoms with E-state index < -0.39 is 40.9 Å². The minimum atomic E-state index is -1.05. The van der Waals surface area contributed by atoms with Crippen LogP contribution in [0.4, 0.5) is 18.4 Å². The fourth-order valence-electron chi connectivity index (χ4n) is 5.69. The zero-order valence-corrected chi connectivity index (χ0v) is 20.4. The van der Waals surface area contributed by atoms with Crippen LogP contribution in [0, 0.1) is 17.6 Å². The largest absolute Gasteiger partial charge is 0.446 e. The molecule has 0 radical (unpaired) electrons. The van der Waals surface area contributed by atoms with Crippen LogP contribution in [0.3, 0.4) is 0 Å². The monoisotopic (exact) mass is 522 g/mol. The van der Waals surface area contributed by atoms with Crippen LogP contribution in [-0.4, -0.2) is 52.4 Å². The molecule has 5 rings (SSSR count). The zero-order valence-electron chi connectivity index (χ0n) is 19.6. The SMILES string of the molecule is Cl.O=C(N[C@@]1(C2CCC(O)(c3ccccn3)CC2)CCNC1)N1C(=O)OC[C@@H]1c1ccc(F)c(F)c1. The molecule has 36 heavy (non-hydrogen) atoms. The molecule has 0 spiro atoms. The number of urea groups is 1. The van der Waals surface area contributed by atoms with Crippen molar-refractivity contribution in [2.75, 3.05) is 19.7 Å². The number of carbonyl (C=O) groups is 2. The first-order valence-electron chi connectivity index (χ1n) is 11.9. The smallest absolute Gasteiger partial charge is 0.418 e. The first-order chi connectivity index (χ1) is 16.8. The Morgan fingerprint density at radius 2 is 1.94 bits per heavy atom. The number of hydrogen-bond donors (Lipinski definition) is 3. The summed E-state index contributed by atoms with van der Waals surface area (Å²) in [6.45, 7) is 1.10. The van der Waals surface area contributed by atoms with E-state index >= 15 is 0 Å². The average molecular weight is 523 g/mol. The molecule has 194 valence electrons. The summed E-state index contributed by atoms with van der Waals surface area (Å²) in [6, 6.07) is 7.30. The molecule has 0 unspecified atom stereocenters. The van der Waals surface area contributed by atoms with Gasteiger partial charge in [0.2, 0.25) is 0 Å². The standard InChI is InChI=1S/C25H28F2N4O4.ClH/c26-18-5-4-16(13-19(18)27)20-14-35-23(33)31(20)22(32)30-24(10-12-28-15-24)17-6-8-25(34,9-7-17)21-3-1-2-11-29-21;/h1-5,11,13,17,20,28,34H,6-10,12,14-15H2,(H,30,32);1H/t17?,20-,24+,25?;/m1./s1. The normalized spacial score (nSPS) is 30.0. The lowest BCUT2D eigenvalue weighted by molar-refractivity contribution is -0.0298. The van der Waals surface area contributed by atoms with Gasteiger partial charge in [0, 0.05) is 12.7 Å². The number of ether oxygens (including phenoxy) is 1. The van der Waals surface area contributed by atoms with Crippen molar-refractivity contribution in [3.63, 3.8) is 0 Å². The number of halogens is 3. The second-order valence-corrected chi connectivity index (χ2v) is 9.67. The number of aliphatic hydroxyl groups is 1. The molecule has 1 aliphatic carbocycles. The van der Waals surface area contributed by atoms with E-state index in [2.05, 4.69) is 15.6 Å². The van der Waals surface area contributed by atoms with E-state index in [1.54, 1.807) is 6.20 Å². The van der Waals surface area contributed by atoms with Crippen molar-refractivity contribution in [3.8, 4) is 0 Å². The summed E-state index contributed by atoms with van der Waals surface area (Å²) in [6.07, 6.45) is 3.88. The number of nitrogens with zero attached hydrogens (tertiary/aromatic N) is 2. The van der Waals surface area contributed by atoms with Crippen molar-refractivity contribution in [1.29, 1.82) is 0 Å².